The molecule has 0 amide bonds. The summed E-state index contributed by atoms with van der Waals surface area (Å²) < 4.78 is 37.3. The molecular weight excluding hydrogens is 227 g/mol. The van der Waals surface area contributed by atoms with Crippen LogP contribution in [0.4, 0.5) is 13.2 Å². The molecule has 0 bridgehead atoms. The van der Waals surface area contributed by atoms with Crippen molar-refractivity contribution in [3.63, 3.8) is 0 Å². The molecule has 0 saturated carbocycles. The van der Waals surface area contributed by atoms with Crippen molar-refractivity contribution in [3.05, 3.63) is 34.9 Å². The highest BCUT2D eigenvalue weighted by Gasteiger charge is 2.32. The number of halogens is 4. The third kappa shape index (κ3) is 3.72. The molecule has 1 aromatic carbocycles. The van der Waals surface area contributed by atoms with Crippen molar-refractivity contribution in [2.45, 2.75) is 19.5 Å². The van der Waals surface area contributed by atoms with Gasteiger partial charge in [0.15, 0.2) is 0 Å². The van der Waals surface area contributed by atoms with Gasteiger partial charge in [-0.3, -0.25) is 0 Å². The molecule has 0 spiro atoms. The van der Waals surface area contributed by atoms with Gasteiger partial charge in [-0.15, -0.1) is 12.4 Å². The molecule has 86 valence electrons. The van der Waals surface area contributed by atoms with Gasteiger partial charge < -0.3 is 5.73 Å². The van der Waals surface area contributed by atoms with Crippen LogP contribution < -0.4 is 5.73 Å². The van der Waals surface area contributed by atoms with E-state index < -0.39 is 11.7 Å². The average Bonchev–Trinajstić information content (AvgIpc) is 2.07. The lowest BCUT2D eigenvalue weighted by molar-refractivity contribution is -0.138. The number of nitrogens with two attached hydrogens (primary N) is 1. The minimum atomic E-state index is -4.27. The molecule has 0 unspecified atom stereocenters. The molecule has 0 atom stereocenters. The maximum absolute atomic E-state index is 12.4. The fraction of sp³-hybridized carbons (Fsp3) is 0.400. The zero-order valence-electron chi connectivity index (χ0n) is 8.27. The van der Waals surface area contributed by atoms with Crippen LogP contribution in [-0.4, -0.2) is 6.54 Å². The fourth-order valence-electron chi connectivity index (χ4n) is 1.30. The van der Waals surface area contributed by atoms with Gasteiger partial charge in [0.25, 0.3) is 0 Å². The Balaban J connectivity index is 0.00000196. The van der Waals surface area contributed by atoms with Crippen LogP contribution in [0.2, 0.25) is 0 Å². The number of hydrogen-bond donors (Lipinski definition) is 1. The number of benzene rings is 1. The molecule has 1 nitrogen and oxygen atoms in total. The minimum Gasteiger partial charge on any atom is -0.330 e. The molecule has 2 N–H and O–H groups in total. The van der Waals surface area contributed by atoms with Crippen molar-refractivity contribution in [1.29, 1.82) is 0 Å². The van der Waals surface area contributed by atoms with Crippen molar-refractivity contribution in [2.24, 2.45) is 5.73 Å². The second-order valence-corrected chi connectivity index (χ2v) is 3.19. The first kappa shape index (κ1) is 14.3. The van der Waals surface area contributed by atoms with Crippen molar-refractivity contribution >= 4 is 12.4 Å². The second kappa shape index (κ2) is 5.37. The molecule has 5 heteroatoms. The fourth-order valence-corrected chi connectivity index (χ4v) is 1.30. The summed E-state index contributed by atoms with van der Waals surface area (Å²) >= 11 is 0. The zero-order chi connectivity index (χ0) is 10.8. The molecule has 0 aliphatic rings. The van der Waals surface area contributed by atoms with E-state index >= 15 is 0 Å². The topological polar surface area (TPSA) is 26.0 Å². The van der Waals surface area contributed by atoms with Gasteiger partial charge in [0, 0.05) is 0 Å². The zero-order valence-corrected chi connectivity index (χ0v) is 9.08. The van der Waals surface area contributed by atoms with Crippen LogP contribution in [0.1, 0.15) is 16.7 Å². The minimum absolute atomic E-state index is 0. The molecular formula is C10H13ClF3N. The van der Waals surface area contributed by atoms with Crippen molar-refractivity contribution < 1.29 is 13.2 Å². The van der Waals surface area contributed by atoms with Crippen LogP contribution in [0.3, 0.4) is 0 Å². The van der Waals surface area contributed by atoms with E-state index in [1.54, 1.807) is 6.07 Å². The van der Waals surface area contributed by atoms with E-state index in [9.17, 15) is 13.2 Å². The maximum atomic E-state index is 12.4. The Morgan fingerprint density at radius 3 is 2.33 bits per heavy atom. The monoisotopic (exact) mass is 239 g/mol. The normalized spacial score (nSPS) is 11.0. The Morgan fingerprint density at radius 1 is 1.27 bits per heavy atom. The number of hydrogen-bond acceptors (Lipinski definition) is 1. The lowest BCUT2D eigenvalue weighted by Crippen LogP contribution is -2.09. The lowest BCUT2D eigenvalue weighted by atomic mass is 10.0. The SMILES string of the molecule is Cc1ccc(CCN)cc1C(F)(F)F.Cl. The van der Waals surface area contributed by atoms with Gasteiger partial charge in [-0.05, 0) is 37.1 Å². The quantitative estimate of drug-likeness (QED) is 0.844. The van der Waals surface area contributed by atoms with Gasteiger partial charge in [-0.25, -0.2) is 0 Å². The number of aryl methyl sites for hydroxylation is 1. The van der Waals surface area contributed by atoms with Crippen LogP contribution >= 0.6 is 12.4 Å². The van der Waals surface area contributed by atoms with Crippen LogP contribution in [0.15, 0.2) is 18.2 Å². The Kier molecular flexibility index (Phi) is 5.11. The smallest absolute Gasteiger partial charge is 0.330 e. The van der Waals surface area contributed by atoms with E-state index in [0.717, 1.165) is 0 Å². The number of rotatable bonds is 2. The molecule has 0 aliphatic carbocycles. The van der Waals surface area contributed by atoms with E-state index in [0.29, 0.717) is 18.5 Å². The molecule has 15 heavy (non-hydrogen) atoms. The van der Waals surface area contributed by atoms with Crippen molar-refractivity contribution in [1.82, 2.24) is 0 Å². The summed E-state index contributed by atoms with van der Waals surface area (Å²) in [5, 5.41) is 0. The summed E-state index contributed by atoms with van der Waals surface area (Å²) in [5.74, 6) is 0. The van der Waals surface area contributed by atoms with Gasteiger partial charge in [0.2, 0.25) is 0 Å². The Morgan fingerprint density at radius 2 is 1.87 bits per heavy atom. The molecule has 1 rings (SSSR count). The highest BCUT2D eigenvalue weighted by atomic mass is 35.5. The van der Waals surface area contributed by atoms with E-state index in [2.05, 4.69) is 0 Å². The first-order chi connectivity index (χ1) is 6.45. The van der Waals surface area contributed by atoms with Crippen molar-refractivity contribution in [2.75, 3.05) is 6.54 Å². The molecule has 1 aromatic rings. The first-order valence-corrected chi connectivity index (χ1v) is 4.32. The molecule has 0 saturated heterocycles. The number of alkyl halides is 3. The predicted octanol–water partition coefficient (Wildman–Crippen LogP) is 2.94. The molecule has 0 radical (unpaired) electrons. The van der Waals surface area contributed by atoms with E-state index in [-0.39, 0.29) is 18.0 Å². The maximum Gasteiger partial charge on any atom is 0.416 e. The van der Waals surface area contributed by atoms with Crippen LogP contribution in [0.5, 0.6) is 0 Å². The van der Waals surface area contributed by atoms with E-state index in [4.69, 9.17) is 5.73 Å². The summed E-state index contributed by atoms with van der Waals surface area (Å²) in [4.78, 5) is 0. The first-order valence-electron chi connectivity index (χ1n) is 4.32. The van der Waals surface area contributed by atoms with E-state index in [1.807, 2.05) is 0 Å². The molecule has 0 heterocycles. The summed E-state index contributed by atoms with van der Waals surface area (Å²) in [5.41, 5.74) is 5.59. The summed E-state index contributed by atoms with van der Waals surface area (Å²) in [7, 11) is 0. The van der Waals surface area contributed by atoms with Gasteiger partial charge in [0.1, 0.15) is 0 Å². The second-order valence-electron chi connectivity index (χ2n) is 3.19. The van der Waals surface area contributed by atoms with Crippen molar-refractivity contribution in [3.8, 4) is 0 Å². The summed E-state index contributed by atoms with van der Waals surface area (Å²) in [6.45, 7) is 1.81. The highest BCUT2D eigenvalue weighted by molar-refractivity contribution is 5.85. The summed E-state index contributed by atoms with van der Waals surface area (Å²) in [6.07, 6.45) is -3.79. The van der Waals surface area contributed by atoms with Crippen LogP contribution in [-0.2, 0) is 12.6 Å². The predicted molar refractivity (Wildman–Crippen MR) is 56.2 cm³/mol. The van der Waals surface area contributed by atoms with Gasteiger partial charge >= 0.3 is 6.18 Å². The largest absolute Gasteiger partial charge is 0.416 e. The van der Waals surface area contributed by atoms with Crippen LogP contribution in [0, 0.1) is 6.92 Å². The van der Waals surface area contributed by atoms with E-state index in [1.165, 1.54) is 19.1 Å². The van der Waals surface area contributed by atoms with Gasteiger partial charge in [-0.2, -0.15) is 13.2 Å². The van der Waals surface area contributed by atoms with Gasteiger partial charge in [0.05, 0.1) is 5.56 Å². The Bertz CT molecular complexity index is 323. The highest BCUT2D eigenvalue weighted by Crippen LogP contribution is 2.32. The standard InChI is InChI=1S/C10H12F3N.ClH/c1-7-2-3-8(4-5-14)6-9(7)10(11,12)13;/h2-3,6H,4-5,14H2,1H3;1H. The molecule has 0 aliphatic heterocycles. The Labute approximate surface area is 92.9 Å². The Hall–Kier alpha value is -0.740. The lowest BCUT2D eigenvalue weighted by Gasteiger charge is -2.11. The molecule has 0 aromatic heterocycles. The third-order valence-corrected chi connectivity index (χ3v) is 2.04. The summed E-state index contributed by atoms with van der Waals surface area (Å²) in [6, 6.07) is 4.33. The van der Waals surface area contributed by atoms with Crippen LogP contribution in [0.25, 0.3) is 0 Å². The third-order valence-electron chi connectivity index (χ3n) is 2.04. The average molecular weight is 240 g/mol. The van der Waals surface area contributed by atoms with Gasteiger partial charge in [-0.1, -0.05) is 12.1 Å². The molecule has 0 fully saturated rings.